The van der Waals surface area contributed by atoms with E-state index in [1.165, 1.54) is 15.6 Å². The molecule has 1 aromatic rings. The molecule has 1 heterocycles. The lowest BCUT2D eigenvalue weighted by atomic mass is 10.0. The lowest BCUT2D eigenvalue weighted by Crippen LogP contribution is -2.44. The summed E-state index contributed by atoms with van der Waals surface area (Å²) in [4.78, 5) is 0. The molecule has 0 aromatic heterocycles. The van der Waals surface area contributed by atoms with Gasteiger partial charge in [0.1, 0.15) is 0 Å². The Morgan fingerprint density at radius 1 is 1.40 bits per heavy atom. The van der Waals surface area contributed by atoms with Crippen molar-refractivity contribution in [2.45, 2.75) is 37.6 Å². The quantitative estimate of drug-likeness (QED) is 0.321. The molecule has 1 fully saturated rings. The summed E-state index contributed by atoms with van der Waals surface area (Å²) >= 11 is 4.73. The first-order valence-electron chi connectivity index (χ1n) is 6.93. The van der Waals surface area contributed by atoms with Gasteiger partial charge in [-0.25, -0.2) is 0 Å². The Kier molecular flexibility index (Phi) is 6.77. The van der Waals surface area contributed by atoms with Crippen LogP contribution in [0.5, 0.6) is 0 Å². The fourth-order valence-corrected chi connectivity index (χ4v) is 3.78. The minimum Gasteiger partial charge on any atom is -0.349 e. The molecule has 0 radical (unpaired) electrons. The van der Waals surface area contributed by atoms with Crippen LogP contribution in [0.4, 0.5) is 0 Å². The summed E-state index contributed by atoms with van der Waals surface area (Å²) in [6, 6.07) is 8.41. The van der Waals surface area contributed by atoms with Gasteiger partial charge in [-0.3, -0.25) is 0 Å². The fourth-order valence-electron chi connectivity index (χ4n) is 2.39. The number of rotatable bonds is 6. The summed E-state index contributed by atoms with van der Waals surface area (Å²) in [6.45, 7) is 4.73. The average molecular weight is 498 g/mol. The Morgan fingerprint density at radius 2 is 2.20 bits per heavy atom. The maximum absolute atomic E-state index is 6.29. The number of halogens is 2. The zero-order chi connectivity index (χ0) is 14.4. The van der Waals surface area contributed by atoms with Gasteiger partial charge in [-0.15, -0.1) is 6.58 Å². The molecule has 20 heavy (non-hydrogen) atoms. The molecule has 110 valence electrons. The van der Waals surface area contributed by atoms with Crippen molar-refractivity contribution in [2.75, 3.05) is 11.0 Å². The molecule has 0 unspecified atom stereocenters. The van der Waals surface area contributed by atoms with Crippen LogP contribution in [0, 0.1) is 3.57 Å². The Hall–Kier alpha value is 0.340. The Balaban J connectivity index is 2.04. The van der Waals surface area contributed by atoms with Crippen LogP contribution in [-0.4, -0.2) is 22.9 Å². The highest BCUT2D eigenvalue weighted by atomic mass is 127. The van der Waals surface area contributed by atoms with Crippen molar-refractivity contribution in [1.29, 1.82) is 0 Å². The van der Waals surface area contributed by atoms with Gasteiger partial charge in [-0.2, -0.15) is 0 Å². The van der Waals surface area contributed by atoms with Gasteiger partial charge in [-0.1, -0.05) is 46.9 Å². The third-order valence-electron chi connectivity index (χ3n) is 3.53. The summed E-state index contributed by atoms with van der Waals surface area (Å²) in [5.74, 6) is -0.419. The molecule has 1 aromatic carbocycles. The molecular formula is C16H20I2O2. The zero-order valence-electron chi connectivity index (χ0n) is 11.5. The molecular weight excluding hydrogens is 478 g/mol. The average Bonchev–Trinajstić information content (AvgIpc) is 2.49. The molecule has 1 saturated heterocycles. The Labute approximate surface area is 148 Å². The van der Waals surface area contributed by atoms with E-state index >= 15 is 0 Å². The normalized spacial score (nSPS) is 24.3. The van der Waals surface area contributed by atoms with E-state index in [1.54, 1.807) is 0 Å². The van der Waals surface area contributed by atoms with Crippen molar-refractivity contribution in [2.24, 2.45) is 0 Å². The molecule has 2 nitrogen and oxygen atoms in total. The number of hydrogen-bond acceptors (Lipinski definition) is 2. The van der Waals surface area contributed by atoms with Crippen LogP contribution in [0.1, 0.15) is 24.8 Å². The van der Waals surface area contributed by atoms with Crippen molar-refractivity contribution < 1.29 is 9.47 Å². The molecule has 0 bridgehead atoms. The van der Waals surface area contributed by atoms with Crippen molar-refractivity contribution >= 4 is 45.2 Å². The molecule has 0 saturated carbocycles. The second kappa shape index (κ2) is 8.10. The number of alkyl halides is 1. The maximum atomic E-state index is 6.29. The molecule has 1 aliphatic heterocycles. The summed E-state index contributed by atoms with van der Waals surface area (Å²) in [6.07, 6.45) is 6.04. The van der Waals surface area contributed by atoms with E-state index in [4.69, 9.17) is 9.47 Å². The highest BCUT2D eigenvalue weighted by Crippen LogP contribution is 2.31. The third kappa shape index (κ3) is 4.42. The van der Waals surface area contributed by atoms with Crippen LogP contribution in [0.25, 0.3) is 0 Å². The predicted molar refractivity (Wildman–Crippen MR) is 99.4 cm³/mol. The zero-order valence-corrected chi connectivity index (χ0v) is 15.8. The first kappa shape index (κ1) is 16.7. The second-order valence-corrected chi connectivity index (χ2v) is 6.96. The number of ether oxygens (including phenoxy) is 2. The first-order chi connectivity index (χ1) is 9.69. The van der Waals surface area contributed by atoms with E-state index < -0.39 is 5.79 Å². The van der Waals surface area contributed by atoms with Crippen molar-refractivity contribution in [1.82, 2.24) is 0 Å². The van der Waals surface area contributed by atoms with Crippen molar-refractivity contribution in [3.63, 3.8) is 0 Å². The van der Waals surface area contributed by atoms with E-state index in [0.29, 0.717) is 0 Å². The summed E-state index contributed by atoms with van der Waals surface area (Å²) in [7, 11) is 0. The third-order valence-corrected chi connectivity index (χ3v) is 5.74. The Bertz CT molecular complexity index is 442. The summed E-state index contributed by atoms with van der Waals surface area (Å²) < 4.78 is 14.4. The van der Waals surface area contributed by atoms with Gasteiger partial charge in [0.2, 0.25) is 0 Å². The first-order valence-corrected chi connectivity index (χ1v) is 9.53. The smallest absolute Gasteiger partial charge is 0.177 e. The van der Waals surface area contributed by atoms with Gasteiger partial charge >= 0.3 is 0 Å². The summed E-state index contributed by atoms with van der Waals surface area (Å²) in [5.41, 5.74) is 1.30. The minimum absolute atomic E-state index is 0.00113. The maximum Gasteiger partial charge on any atom is 0.177 e. The van der Waals surface area contributed by atoms with Crippen LogP contribution in [0.2, 0.25) is 0 Å². The van der Waals surface area contributed by atoms with Gasteiger partial charge in [0.05, 0.1) is 17.1 Å². The lowest BCUT2D eigenvalue weighted by molar-refractivity contribution is -0.251. The monoisotopic (exact) mass is 498 g/mol. The van der Waals surface area contributed by atoms with Gasteiger partial charge in [0.15, 0.2) is 5.79 Å². The van der Waals surface area contributed by atoms with Crippen LogP contribution in [0.3, 0.4) is 0 Å². The van der Waals surface area contributed by atoms with E-state index in [2.05, 4.69) is 76.0 Å². The van der Waals surface area contributed by atoms with Gasteiger partial charge in [-0.05, 0) is 47.1 Å². The molecule has 0 amide bonds. The van der Waals surface area contributed by atoms with Crippen molar-refractivity contribution in [3.8, 4) is 0 Å². The molecule has 1 aliphatic rings. The van der Waals surface area contributed by atoms with Crippen LogP contribution in [-0.2, 0) is 15.9 Å². The second-order valence-electron chi connectivity index (χ2n) is 5.04. The van der Waals surface area contributed by atoms with Crippen molar-refractivity contribution in [3.05, 3.63) is 46.1 Å². The van der Waals surface area contributed by atoms with E-state index in [-0.39, 0.29) is 6.10 Å². The fraction of sp³-hybridized carbons (Fsp3) is 0.500. The lowest BCUT2D eigenvalue weighted by Gasteiger charge is -2.38. The molecule has 0 aliphatic carbocycles. The van der Waals surface area contributed by atoms with Crippen LogP contribution < -0.4 is 0 Å². The van der Waals surface area contributed by atoms with E-state index in [0.717, 1.165) is 30.3 Å². The number of benzene rings is 1. The topological polar surface area (TPSA) is 18.5 Å². The van der Waals surface area contributed by atoms with Gasteiger partial charge < -0.3 is 9.47 Å². The SMILES string of the molecule is C=C[C@H](Cc1ccccc1I)O[C@@]1(CI)CCCCO1. The predicted octanol–water partition coefficient (Wildman–Crippen LogP) is 4.74. The highest BCUT2D eigenvalue weighted by Gasteiger charge is 2.35. The van der Waals surface area contributed by atoms with E-state index in [9.17, 15) is 0 Å². The Morgan fingerprint density at radius 3 is 2.80 bits per heavy atom. The minimum atomic E-state index is -0.419. The van der Waals surface area contributed by atoms with Gasteiger partial charge in [0, 0.05) is 16.4 Å². The standard InChI is InChI=1S/C16H20I2O2/c1-2-14(11-13-7-3-4-8-15(13)18)20-16(12-17)9-5-6-10-19-16/h2-4,7-8,14H,1,5-6,9-12H2/t14-,16-/m1/s1. The molecule has 0 N–H and O–H groups in total. The molecule has 0 spiro atoms. The van der Waals surface area contributed by atoms with Crippen LogP contribution >= 0.6 is 45.2 Å². The number of hydrogen-bond donors (Lipinski definition) is 0. The van der Waals surface area contributed by atoms with Crippen LogP contribution in [0.15, 0.2) is 36.9 Å². The molecule has 2 rings (SSSR count). The van der Waals surface area contributed by atoms with E-state index in [1.807, 2.05) is 6.08 Å². The summed E-state index contributed by atoms with van der Waals surface area (Å²) in [5, 5.41) is 0. The molecule has 2 atom stereocenters. The highest BCUT2D eigenvalue weighted by molar-refractivity contribution is 14.1. The largest absolute Gasteiger partial charge is 0.349 e. The molecule has 4 heteroatoms. The van der Waals surface area contributed by atoms with Gasteiger partial charge in [0.25, 0.3) is 0 Å².